The van der Waals surface area contributed by atoms with Crippen LogP contribution in [0, 0.1) is 5.82 Å². The van der Waals surface area contributed by atoms with Gasteiger partial charge in [0, 0.05) is 6.54 Å². The lowest BCUT2D eigenvalue weighted by atomic mass is 10.4. The summed E-state index contributed by atoms with van der Waals surface area (Å²) in [5.74, 6) is 0.0462. The number of anilines is 1. The molecule has 1 N–H and O–H groups in total. The third-order valence-electron chi connectivity index (χ3n) is 1.45. The maximum atomic E-state index is 12.4. The van der Waals surface area contributed by atoms with E-state index in [1.165, 1.54) is 0 Å². The Bertz CT molecular complexity index is 269. The van der Waals surface area contributed by atoms with E-state index in [-0.39, 0.29) is 0 Å². The SMILES string of the molecule is C/C=C/CCNc1ncc(F)cn1. The summed E-state index contributed by atoms with van der Waals surface area (Å²) in [7, 11) is 0. The molecule has 0 aliphatic heterocycles. The van der Waals surface area contributed by atoms with Crippen LogP contribution < -0.4 is 5.32 Å². The first-order valence-corrected chi connectivity index (χ1v) is 4.15. The number of allylic oxidation sites excluding steroid dienone is 1. The first kappa shape index (κ1) is 9.64. The second-order valence-corrected chi connectivity index (χ2v) is 2.51. The lowest BCUT2D eigenvalue weighted by molar-refractivity contribution is 0.614. The summed E-state index contributed by atoms with van der Waals surface area (Å²) in [6.07, 6.45) is 7.22. The zero-order chi connectivity index (χ0) is 9.52. The van der Waals surface area contributed by atoms with Crippen molar-refractivity contribution in [1.82, 2.24) is 9.97 Å². The average molecular weight is 181 g/mol. The predicted molar refractivity (Wildman–Crippen MR) is 49.9 cm³/mol. The van der Waals surface area contributed by atoms with Gasteiger partial charge >= 0.3 is 0 Å². The van der Waals surface area contributed by atoms with Crippen LogP contribution >= 0.6 is 0 Å². The van der Waals surface area contributed by atoms with Gasteiger partial charge in [-0.15, -0.1) is 0 Å². The van der Waals surface area contributed by atoms with Gasteiger partial charge in [0.05, 0.1) is 12.4 Å². The molecule has 0 amide bonds. The van der Waals surface area contributed by atoms with E-state index in [9.17, 15) is 4.39 Å². The van der Waals surface area contributed by atoms with E-state index in [0.717, 1.165) is 25.4 Å². The van der Waals surface area contributed by atoms with Gasteiger partial charge < -0.3 is 5.32 Å². The Hall–Kier alpha value is -1.45. The molecule has 70 valence electrons. The Balaban J connectivity index is 2.33. The molecule has 0 saturated heterocycles. The maximum Gasteiger partial charge on any atom is 0.222 e. The molecule has 0 atom stereocenters. The van der Waals surface area contributed by atoms with E-state index >= 15 is 0 Å². The molecule has 0 aliphatic rings. The fraction of sp³-hybridized carbons (Fsp3) is 0.333. The van der Waals surface area contributed by atoms with E-state index in [1.807, 2.05) is 19.1 Å². The minimum absolute atomic E-state index is 0.418. The van der Waals surface area contributed by atoms with Crippen LogP contribution in [0.2, 0.25) is 0 Å². The summed E-state index contributed by atoms with van der Waals surface area (Å²) in [4.78, 5) is 7.51. The fourth-order valence-corrected chi connectivity index (χ4v) is 0.838. The molecule has 0 radical (unpaired) electrons. The lowest BCUT2D eigenvalue weighted by Gasteiger charge is -2.00. The molecule has 3 nitrogen and oxygen atoms in total. The number of nitrogens with one attached hydrogen (secondary N) is 1. The summed E-state index contributed by atoms with van der Waals surface area (Å²) in [5.41, 5.74) is 0. The molecule has 1 heterocycles. The molecule has 1 aromatic heterocycles. The van der Waals surface area contributed by atoms with Gasteiger partial charge in [-0.25, -0.2) is 14.4 Å². The Morgan fingerprint density at radius 2 is 2.15 bits per heavy atom. The summed E-state index contributed by atoms with van der Waals surface area (Å²) < 4.78 is 12.4. The highest BCUT2D eigenvalue weighted by molar-refractivity contribution is 5.22. The van der Waals surface area contributed by atoms with Crippen LogP contribution in [0.3, 0.4) is 0 Å². The van der Waals surface area contributed by atoms with Crippen LogP contribution in [0.1, 0.15) is 13.3 Å². The van der Waals surface area contributed by atoms with E-state index in [0.29, 0.717) is 5.95 Å². The normalized spacial score (nSPS) is 10.6. The van der Waals surface area contributed by atoms with Crippen LogP contribution in [0.15, 0.2) is 24.5 Å². The number of hydrogen-bond acceptors (Lipinski definition) is 3. The number of rotatable bonds is 4. The van der Waals surface area contributed by atoms with Crippen molar-refractivity contribution in [2.24, 2.45) is 0 Å². The van der Waals surface area contributed by atoms with Crippen molar-refractivity contribution in [1.29, 1.82) is 0 Å². The Morgan fingerprint density at radius 1 is 1.46 bits per heavy atom. The highest BCUT2D eigenvalue weighted by Gasteiger charge is 1.93. The van der Waals surface area contributed by atoms with Gasteiger partial charge in [0.25, 0.3) is 0 Å². The molecule has 1 aromatic rings. The number of halogens is 1. The molecule has 13 heavy (non-hydrogen) atoms. The summed E-state index contributed by atoms with van der Waals surface area (Å²) >= 11 is 0. The molecule has 1 rings (SSSR count). The summed E-state index contributed by atoms with van der Waals surface area (Å²) in [5, 5.41) is 2.97. The van der Waals surface area contributed by atoms with Gasteiger partial charge in [-0.1, -0.05) is 12.2 Å². The van der Waals surface area contributed by atoms with E-state index in [1.54, 1.807) is 0 Å². The van der Waals surface area contributed by atoms with Crippen LogP contribution in [0.25, 0.3) is 0 Å². The van der Waals surface area contributed by atoms with Gasteiger partial charge in [-0.3, -0.25) is 0 Å². The zero-order valence-corrected chi connectivity index (χ0v) is 7.50. The second kappa shape index (κ2) is 5.24. The van der Waals surface area contributed by atoms with Gasteiger partial charge in [-0.05, 0) is 13.3 Å². The van der Waals surface area contributed by atoms with Crippen molar-refractivity contribution in [2.45, 2.75) is 13.3 Å². The van der Waals surface area contributed by atoms with Crippen molar-refractivity contribution in [3.05, 3.63) is 30.4 Å². The highest BCUT2D eigenvalue weighted by Crippen LogP contribution is 1.97. The summed E-state index contributed by atoms with van der Waals surface area (Å²) in [6, 6.07) is 0. The van der Waals surface area contributed by atoms with E-state index in [4.69, 9.17) is 0 Å². The predicted octanol–water partition coefficient (Wildman–Crippen LogP) is 1.99. The first-order valence-electron chi connectivity index (χ1n) is 4.15. The zero-order valence-electron chi connectivity index (χ0n) is 7.50. The smallest absolute Gasteiger partial charge is 0.222 e. The minimum atomic E-state index is -0.418. The topological polar surface area (TPSA) is 37.8 Å². The average Bonchev–Trinajstić information content (AvgIpc) is 2.15. The summed E-state index contributed by atoms with van der Waals surface area (Å²) in [6.45, 7) is 2.73. The van der Waals surface area contributed by atoms with Crippen LogP contribution in [-0.2, 0) is 0 Å². The lowest BCUT2D eigenvalue weighted by Crippen LogP contribution is -2.04. The van der Waals surface area contributed by atoms with Gasteiger partial charge in [0.2, 0.25) is 5.95 Å². The molecule has 4 heteroatoms. The van der Waals surface area contributed by atoms with Crippen LogP contribution in [0.5, 0.6) is 0 Å². The third-order valence-corrected chi connectivity index (χ3v) is 1.45. The van der Waals surface area contributed by atoms with Crippen LogP contribution in [-0.4, -0.2) is 16.5 Å². The highest BCUT2D eigenvalue weighted by atomic mass is 19.1. The van der Waals surface area contributed by atoms with Gasteiger partial charge in [0.15, 0.2) is 5.82 Å². The monoisotopic (exact) mass is 181 g/mol. The maximum absolute atomic E-state index is 12.4. The van der Waals surface area contributed by atoms with Crippen LogP contribution in [0.4, 0.5) is 10.3 Å². The molecule has 0 unspecified atom stereocenters. The standard InChI is InChI=1S/C9H12FN3/c1-2-3-4-5-11-9-12-6-8(10)7-13-9/h2-3,6-7H,4-5H2,1H3,(H,11,12,13)/b3-2+. The number of hydrogen-bond donors (Lipinski definition) is 1. The fourth-order valence-electron chi connectivity index (χ4n) is 0.838. The Labute approximate surface area is 76.7 Å². The molecule has 0 spiro atoms. The molecule has 0 bridgehead atoms. The Morgan fingerprint density at radius 3 is 2.77 bits per heavy atom. The van der Waals surface area contributed by atoms with Gasteiger partial charge in [-0.2, -0.15) is 0 Å². The van der Waals surface area contributed by atoms with Crippen molar-refractivity contribution in [2.75, 3.05) is 11.9 Å². The van der Waals surface area contributed by atoms with Crippen molar-refractivity contribution < 1.29 is 4.39 Å². The largest absolute Gasteiger partial charge is 0.354 e. The quantitative estimate of drug-likeness (QED) is 0.570. The Kier molecular flexibility index (Phi) is 3.88. The molecule has 0 saturated carbocycles. The minimum Gasteiger partial charge on any atom is -0.354 e. The number of aromatic nitrogens is 2. The first-order chi connectivity index (χ1) is 6.33. The molecular weight excluding hydrogens is 169 g/mol. The molecule has 0 aliphatic carbocycles. The molecule has 0 fully saturated rings. The van der Waals surface area contributed by atoms with E-state index < -0.39 is 5.82 Å². The molecular formula is C9H12FN3. The number of nitrogens with zero attached hydrogens (tertiary/aromatic N) is 2. The second-order valence-electron chi connectivity index (χ2n) is 2.51. The van der Waals surface area contributed by atoms with Crippen molar-refractivity contribution >= 4 is 5.95 Å². The van der Waals surface area contributed by atoms with Crippen molar-refractivity contribution in [3.63, 3.8) is 0 Å². The molecule has 0 aromatic carbocycles. The third kappa shape index (κ3) is 3.64. The van der Waals surface area contributed by atoms with Gasteiger partial charge in [0.1, 0.15) is 0 Å². The van der Waals surface area contributed by atoms with Crippen molar-refractivity contribution in [3.8, 4) is 0 Å². The van der Waals surface area contributed by atoms with E-state index in [2.05, 4.69) is 15.3 Å².